The molecular formula is C38H50F6N2O7. The monoisotopic (exact) mass is 760 g/mol. The Morgan fingerprint density at radius 1 is 0.830 bits per heavy atom. The second-order valence-corrected chi connectivity index (χ2v) is 14.5. The van der Waals surface area contributed by atoms with Crippen LogP contribution in [0.1, 0.15) is 91.2 Å². The summed E-state index contributed by atoms with van der Waals surface area (Å²) in [4.78, 5) is 25.5. The number of halogens is 6. The van der Waals surface area contributed by atoms with Gasteiger partial charge in [-0.2, -0.15) is 17.6 Å². The first-order chi connectivity index (χ1) is 24.4. The molecule has 1 unspecified atom stereocenters. The Bertz CT molecular complexity index is 1730. The molecule has 0 radical (unpaired) electrons. The highest BCUT2D eigenvalue weighted by Gasteiger charge is 2.52. The number of unbranched alkanes of at least 4 members (excludes halogenated alkanes) is 2. The Balaban J connectivity index is 1.57. The SMILES string of the molecule is CCCCCc1ccc(-c2cc3ccc(OCCC(F)(F)OC(F)(F)OC(F)(F)CCOC(=O)C(CC(C)(C)N)C(C)(C)N)cc3oc2=O)c(CC)c1. The molecule has 4 N–H and O–H groups in total. The second kappa shape index (κ2) is 17.7. The molecule has 1 atom stereocenters. The van der Waals surface area contributed by atoms with Gasteiger partial charge in [-0.05, 0) is 88.3 Å². The molecule has 0 aliphatic heterocycles. The van der Waals surface area contributed by atoms with Crippen molar-refractivity contribution in [2.45, 2.75) is 122 Å². The molecule has 3 rings (SSSR count). The third kappa shape index (κ3) is 13.9. The van der Waals surface area contributed by atoms with Gasteiger partial charge in [-0.1, -0.05) is 44.9 Å². The first-order valence-corrected chi connectivity index (χ1v) is 17.6. The molecule has 0 bridgehead atoms. The summed E-state index contributed by atoms with van der Waals surface area (Å²) in [6, 6.07) is 11.8. The lowest BCUT2D eigenvalue weighted by molar-refractivity contribution is -0.514. The van der Waals surface area contributed by atoms with Crippen molar-refractivity contribution < 1.29 is 54.5 Å². The number of alkyl halides is 6. The van der Waals surface area contributed by atoms with Crippen LogP contribution in [0.5, 0.6) is 5.75 Å². The van der Waals surface area contributed by atoms with Crippen molar-refractivity contribution in [3.63, 3.8) is 0 Å². The molecule has 2 aromatic carbocycles. The number of esters is 1. The van der Waals surface area contributed by atoms with Crippen molar-refractivity contribution in [2.75, 3.05) is 13.2 Å². The molecule has 0 saturated heterocycles. The maximum atomic E-state index is 14.3. The fourth-order valence-electron chi connectivity index (χ4n) is 5.61. The minimum Gasteiger partial charge on any atom is -0.493 e. The zero-order valence-electron chi connectivity index (χ0n) is 31.0. The van der Waals surface area contributed by atoms with Gasteiger partial charge in [0.05, 0.1) is 37.5 Å². The van der Waals surface area contributed by atoms with Gasteiger partial charge in [-0.15, -0.1) is 8.78 Å². The Morgan fingerprint density at radius 2 is 1.47 bits per heavy atom. The molecule has 53 heavy (non-hydrogen) atoms. The summed E-state index contributed by atoms with van der Waals surface area (Å²) in [6.45, 7) is 8.36. The quantitative estimate of drug-likeness (QED) is 0.0359. The molecular weight excluding hydrogens is 710 g/mol. The lowest BCUT2D eigenvalue weighted by atomic mass is 9.80. The molecule has 3 aromatic rings. The van der Waals surface area contributed by atoms with E-state index in [9.17, 15) is 35.9 Å². The third-order valence-corrected chi connectivity index (χ3v) is 8.37. The van der Waals surface area contributed by atoms with Crippen LogP contribution in [-0.4, -0.2) is 48.8 Å². The summed E-state index contributed by atoms with van der Waals surface area (Å²) in [7, 11) is 0. The molecule has 0 amide bonds. The maximum absolute atomic E-state index is 14.3. The van der Waals surface area contributed by atoms with Gasteiger partial charge in [-0.25, -0.2) is 14.3 Å². The smallest absolute Gasteiger partial charge is 0.493 e. The topological polar surface area (TPSA) is 136 Å². The van der Waals surface area contributed by atoms with Crippen LogP contribution in [0.2, 0.25) is 0 Å². The summed E-state index contributed by atoms with van der Waals surface area (Å²) < 4.78 is 107. The van der Waals surface area contributed by atoms with Crippen molar-refractivity contribution in [2.24, 2.45) is 17.4 Å². The van der Waals surface area contributed by atoms with Crippen LogP contribution in [0, 0.1) is 5.92 Å². The number of carbonyl (C=O) groups is 1. The van der Waals surface area contributed by atoms with Crippen molar-refractivity contribution in [1.82, 2.24) is 0 Å². The Labute approximate surface area is 305 Å². The molecule has 0 aliphatic rings. The van der Waals surface area contributed by atoms with Crippen LogP contribution < -0.4 is 21.8 Å². The fourth-order valence-corrected chi connectivity index (χ4v) is 5.61. The second-order valence-electron chi connectivity index (χ2n) is 14.5. The summed E-state index contributed by atoms with van der Waals surface area (Å²) in [6.07, 6.45) is -13.0. The summed E-state index contributed by atoms with van der Waals surface area (Å²) in [5.41, 5.74) is 12.6. The number of ether oxygens (including phenoxy) is 4. The highest BCUT2D eigenvalue weighted by atomic mass is 19.3. The van der Waals surface area contributed by atoms with Crippen LogP contribution in [0.3, 0.4) is 0 Å². The molecule has 1 aromatic heterocycles. The van der Waals surface area contributed by atoms with Gasteiger partial charge < -0.3 is 25.4 Å². The van der Waals surface area contributed by atoms with Crippen molar-refractivity contribution >= 4 is 16.9 Å². The number of hydrogen-bond donors (Lipinski definition) is 2. The van der Waals surface area contributed by atoms with Crippen LogP contribution in [0.4, 0.5) is 26.3 Å². The van der Waals surface area contributed by atoms with E-state index in [1.807, 2.05) is 19.1 Å². The summed E-state index contributed by atoms with van der Waals surface area (Å²) in [5.74, 6) is -2.05. The summed E-state index contributed by atoms with van der Waals surface area (Å²) in [5, 5.41) is 0.518. The number of aryl methyl sites for hydroxylation is 2. The Kier molecular flexibility index (Phi) is 14.6. The first kappa shape index (κ1) is 43.7. The lowest BCUT2D eigenvalue weighted by Crippen LogP contribution is -2.50. The third-order valence-electron chi connectivity index (χ3n) is 8.37. The minimum atomic E-state index is -5.44. The van der Waals surface area contributed by atoms with E-state index in [-0.39, 0.29) is 17.8 Å². The molecule has 1 heterocycles. The zero-order chi connectivity index (χ0) is 39.8. The van der Waals surface area contributed by atoms with Crippen LogP contribution in [0.15, 0.2) is 51.7 Å². The average molecular weight is 761 g/mol. The van der Waals surface area contributed by atoms with Gasteiger partial charge in [0.1, 0.15) is 11.3 Å². The number of carbonyl (C=O) groups excluding carboxylic acids is 1. The number of benzene rings is 2. The number of rotatable bonds is 21. The maximum Gasteiger partial charge on any atom is 0.494 e. The van der Waals surface area contributed by atoms with Crippen molar-refractivity contribution in [1.29, 1.82) is 0 Å². The van der Waals surface area contributed by atoms with E-state index in [1.54, 1.807) is 19.9 Å². The molecule has 0 spiro atoms. The number of nitrogens with two attached hydrogens (primary N) is 2. The van der Waals surface area contributed by atoms with Crippen LogP contribution in [-0.2, 0) is 31.8 Å². The molecule has 0 aliphatic carbocycles. The van der Waals surface area contributed by atoms with E-state index in [0.717, 1.165) is 36.8 Å². The first-order valence-electron chi connectivity index (χ1n) is 17.6. The van der Waals surface area contributed by atoms with Gasteiger partial charge in [0.2, 0.25) is 0 Å². The Morgan fingerprint density at radius 3 is 2.06 bits per heavy atom. The number of hydrogen-bond acceptors (Lipinski definition) is 9. The van der Waals surface area contributed by atoms with Gasteiger partial charge >= 0.3 is 30.1 Å². The van der Waals surface area contributed by atoms with Crippen molar-refractivity contribution in [3.05, 3.63) is 64.0 Å². The molecule has 0 saturated carbocycles. The highest BCUT2D eigenvalue weighted by Crippen LogP contribution is 2.37. The van der Waals surface area contributed by atoms with E-state index in [4.69, 9.17) is 25.4 Å². The normalized spacial score (nSPS) is 13.7. The molecule has 296 valence electrons. The van der Waals surface area contributed by atoms with Crippen molar-refractivity contribution in [3.8, 4) is 16.9 Å². The van der Waals surface area contributed by atoms with Gasteiger partial charge in [0, 0.05) is 22.5 Å². The van der Waals surface area contributed by atoms with E-state index in [2.05, 4.69) is 22.5 Å². The van der Waals surface area contributed by atoms with Gasteiger partial charge in [0.15, 0.2) is 0 Å². The average Bonchev–Trinajstić information content (AvgIpc) is 3.01. The fraction of sp³-hybridized carbons (Fsp3) is 0.579. The zero-order valence-corrected chi connectivity index (χ0v) is 31.0. The number of fused-ring (bicyclic) bond motifs is 1. The summed E-state index contributed by atoms with van der Waals surface area (Å²) >= 11 is 0. The van der Waals surface area contributed by atoms with E-state index >= 15 is 0 Å². The van der Waals surface area contributed by atoms with Gasteiger partial charge in [0.25, 0.3) is 0 Å². The van der Waals surface area contributed by atoms with Crippen LogP contribution in [0.25, 0.3) is 22.1 Å². The molecule has 0 fully saturated rings. The molecule has 9 nitrogen and oxygen atoms in total. The van der Waals surface area contributed by atoms with Gasteiger partial charge in [-0.3, -0.25) is 4.79 Å². The van der Waals surface area contributed by atoms with E-state index in [0.29, 0.717) is 17.4 Å². The Hall–Kier alpha value is -3.66. The predicted molar refractivity (Wildman–Crippen MR) is 188 cm³/mol. The minimum absolute atomic E-state index is 0.0274. The standard InChI is InChI=1S/C38H50F6N2O7/c1-7-9-10-11-24-12-15-28(25(8-2)20-24)29-21-26-13-14-27(22-31(26)51-32(29)47)49-18-16-36(39,40)52-38(43,44)53-37(41,42)17-19-50-33(48)30(35(5,6)46)23-34(3,4)45/h12-15,20-22,30H,7-11,16-19,23,45-46H2,1-6H3. The molecule has 15 heteroatoms. The highest BCUT2D eigenvalue weighted by molar-refractivity contribution is 5.83. The largest absolute Gasteiger partial charge is 0.494 e. The van der Waals surface area contributed by atoms with E-state index in [1.165, 1.54) is 37.6 Å². The van der Waals surface area contributed by atoms with E-state index < -0.39 is 73.2 Å². The van der Waals surface area contributed by atoms with Crippen LogP contribution >= 0.6 is 0 Å². The lowest BCUT2D eigenvalue weighted by Gasteiger charge is -2.33. The predicted octanol–water partition coefficient (Wildman–Crippen LogP) is 8.71.